The predicted molar refractivity (Wildman–Crippen MR) is 99.5 cm³/mol. The molecule has 0 saturated heterocycles. The number of ketones is 1. The van der Waals surface area contributed by atoms with E-state index >= 15 is 0 Å². The van der Waals surface area contributed by atoms with Crippen molar-refractivity contribution in [3.05, 3.63) is 71.8 Å². The summed E-state index contributed by atoms with van der Waals surface area (Å²) in [4.78, 5) is 13.9. The van der Waals surface area contributed by atoms with Crippen molar-refractivity contribution in [3.8, 4) is 0 Å². The van der Waals surface area contributed by atoms with Crippen LogP contribution in [0.25, 0.3) is 0 Å². The number of nitrogens with zero attached hydrogens (tertiary/aromatic N) is 1. The zero-order valence-electron chi connectivity index (χ0n) is 14.5. The SMILES string of the molecule is CC(=O)CC[C@@H](CCN)N(Cc1ccccc1)Cc1ccccc1. The van der Waals surface area contributed by atoms with E-state index < -0.39 is 0 Å². The van der Waals surface area contributed by atoms with Crippen LogP contribution in [0.5, 0.6) is 0 Å². The van der Waals surface area contributed by atoms with Gasteiger partial charge in [-0.25, -0.2) is 0 Å². The molecule has 0 fully saturated rings. The van der Waals surface area contributed by atoms with Crippen molar-refractivity contribution in [2.45, 2.75) is 45.3 Å². The van der Waals surface area contributed by atoms with Gasteiger partial charge in [0.15, 0.2) is 0 Å². The van der Waals surface area contributed by atoms with E-state index in [1.54, 1.807) is 6.92 Å². The van der Waals surface area contributed by atoms with E-state index in [-0.39, 0.29) is 5.78 Å². The van der Waals surface area contributed by atoms with Crippen LogP contribution in [0.2, 0.25) is 0 Å². The Labute approximate surface area is 145 Å². The van der Waals surface area contributed by atoms with Gasteiger partial charge in [0.05, 0.1) is 0 Å². The van der Waals surface area contributed by atoms with E-state index in [1.807, 2.05) is 12.1 Å². The van der Waals surface area contributed by atoms with Gasteiger partial charge in [-0.05, 0) is 37.4 Å². The second kappa shape index (κ2) is 10.0. The molecule has 0 aliphatic carbocycles. The lowest BCUT2D eigenvalue weighted by atomic mass is 10.0. The van der Waals surface area contributed by atoms with Crippen LogP contribution in [-0.4, -0.2) is 23.3 Å². The van der Waals surface area contributed by atoms with Crippen molar-refractivity contribution in [3.63, 3.8) is 0 Å². The molecule has 0 aromatic heterocycles. The molecule has 128 valence electrons. The van der Waals surface area contributed by atoms with Crippen LogP contribution in [0.3, 0.4) is 0 Å². The Hall–Kier alpha value is -1.97. The first-order valence-electron chi connectivity index (χ1n) is 8.70. The summed E-state index contributed by atoms with van der Waals surface area (Å²) in [5.41, 5.74) is 8.43. The van der Waals surface area contributed by atoms with Crippen molar-refractivity contribution in [1.29, 1.82) is 0 Å². The summed E-state index contributed by atoms with van der Waals surface area (Å²) in [6.07, 6.45) is 2.39. The largest absolute Gasteiger partial charge is 0.330 e. The van der Waals surface area contributed by atoms with E-state index in [4.69, 9.17) is 5.73 Å². The van der Waals surface area contributed by atoms with Gasteiger partial charge in [-0.3, -0.25) is 4.90 Å². The Balaban J connectivity index is 2.16. The van der Waals surface area contributed by atoms with Gasteiger partial charge >= 0.3 is 0 Å². The number of nitrogens with two attached hydrogens (primary N) is 1. The minimum absolute atomic E-state index is 0.247. The molecule has 3 heteroatoms. The number of hydrogen-bond donors (Lipinski definition) is 1. The maximum Gasteiger partial charge on any atom is 0.129 e. The van der Waals surface area contributed by atoms with Crippen LogP contribution >= 0.6 is 0 Å². The fraction of sp³-hybridized carbons (Fsp3) is 0.381. The number of carbonyl (C=O) groups is 1. The van der Waals surface area contributed by atoms with Crippen LogP contribution in [0, 0.1) is 0 Å². The fourth-order valence-electron chi connectivity index (χ4n) is 3.02. The van der Waals surface area contributed by atoms with E-state index in [2.05, 4.69) is 53.4 Å². The molecule has 0 saturated carbocycles. The van der Waals surface area contributed by atoms with Crippen LogP contribution in [0.1, 0.15) is 37.3 Å². The first kappa shape index (κ1) is 18.4. The molecule has 0 amide bonds. The molecule has 0 heterocycles. The molecule has 2 N–H and O–H groups in total. The lowest BCUT2D eigenvalue weighted by molar-refractivity contribution is -0.117. The van der Waals surface area contributed by atoms with Crippen molar-refractivity contribution in [2.24, 2.45) is 5.73 Å². The topological polar surface area (TPSA) is 46.3 Å². The minimum Gasteiger partial charge on any atom is -0.330 e. The summed E-state index contributed by atoms with van der Waals surface area (Å²) >= 11 is 0. The molecular weight excluding hydrogens is 296 g/mol. The summed E-state index contributed by atoms with van der Waals surface area (Å²) in [7, 11) is 0. The van der Waals surface area contributed by atoms with Crippen molar-refractivity contribution >= 4 is 5.78 Å². The van der Waals surface area contributed by atoms with Gasteiger partial charge in [-0.2, -0.15) is 0 Å². The average molecular weight is 324 g/mol. The quantitative estimate of drug-likeness (QED) is 0.723. The Morgan fingerprint density at radius 3 is 1.83 bits per heavy atom. The smallest absolute Gasteiger partial charge is 0.129 e. The monoisotopic (exact) mass is 324 g/mol. The van der Waals surface area contributed by atoms with Crippen LogP contribution < -0.4 is 5.73 Å². The molecule has 0 bridgehead atoms. The molecule has 2 rings (SSSR count). The first-order valence-corrected chi connectivity index (χ1v) is 8.70. The molecule has 0 spiro atoms. The zero-order valence-corrected chi connectivity index (χ0v) is 14.5. The summed E-state index contributed by atoms with van der Waals surface area (Å²) in [6, 6.07) is 21.3. The maximum atomic E-state index is 11.4. The van der Waals surface area contributed by atoms with Crippen LogP contribution in [0.4, 0.5) is 0 Å². The second-order valence-electron chi connectivity index (χ2n) is 6.35. The third-order valence-electron chi connectivity index (χ3n) is 4.30. The normalized spacial score (nSPS) is 12.3. The predicted octanol–water partition coefficient (Wildman–Crippen LogP) is 3.78. The molecule has 2 aromatic rings. The number of hydrogen-bond acceptors (Lipinski definition) is 3. The molecular formula is C21H28N2O. The highest BCUT2D eigenvalue weighted by atomic mass is 16.1. The van der Waals surface area contributed by atoms with Crippen LogP contribution in [0.15, 0.2) is 60.7 Å². The number of rotatable bonds is 10. The number of benzene rings is 2. The second-order valence-corrected chi connectivity index (χ2v) is 6.35. The Morgan fingerprint density at radius 2 is 1.42 bits per heavy atom. The molecule has 0 radical (unpaired) electrons. The maximum absolute atomic E-state index is 11.4. The third-order valence-corrected chi connectivity index (χ3v) is 4.30. The summed E-state index contributed by atoms with van der Waals surface area (Å²) < 4.78 is 0. The molecule has 0 aliphatic heterocycles. The molecule has 0 unspecified atom stereocenters. The summed E-state index contributed by atoms with van der Waals surface area (Å²) in [5.74, 6) is 0.247. The van der Waals surface area contributed by atoms with Gasteiger partial charge in [-0.1, -0.05) is 60.7 Å². The summed E-state index contributed by atoms with van der Waals surface area (Å²) in [5, 5.41) is 0. The molecule has 2 aromatic carbocycles. The number of Topliss-reactive ketones (excluding diaryl/α,β-unsaturated/α-hetero) is 1. The first-order chi connectivity index (χ1) is 11.7. The minimum atomic E-state index is 0.247. The lowest BCUT2D eigenvalue weighted by Crippen LogP contribution is -2.36. The highest BCUT2D eigenvalue weighted by molar-refractivity contribution is 5.75. The Kier molecular flexibility index (Phi) is 7.66. The van der Waals surface area contributed by atoms with Gasteiger partial charge in [0.1, 0.15) is 5.78 Å². The van der Waals surface area contributed by atoms with Gasteiger partial charge in [-0.15, -0.1) is 0 Å². The molecule has 3 nitrogen and oxygen atoms in total. The van der Waals surface area contributed by atoms with Gasteiger partial charge in [0, 0.05) is 25.6 Å². The molecule has 1 atom stereocenters. The van der Waals surface area contributed by atoms with Gasteiger partial charge < -0.3 is 10.5 Å². The fourth-order valence-corrected chi connectivity index (χ4v) is 3.02. The van der Waals surface area contributed by atoms with E-state index in [9.17, 15) is 4.79 Å². The van der Waals surface area contributed by atoms with Gasteiger partial charge in [0.2, 0.25) is 0 Å². The van der Waals surface area contributed by atoms with Crippen LogP contribution in [-0.2, 0) is 17.9 Å². The zero-order chi connectivity index (χ0) is 17.2. The Bertz CT molecular complexity index is 556. The van der Waals surface area contributed by atoms with Crippen molar-refractivity contribution < 1.29 is 4.79 Å². The van der Waals surface area contributed by atoms with E-state index in [0.29, 0.717) is 19.0 Å². The summed E-state index contributed by atoms with van der Waals surface area (Å²) in [6.45, 7) is 4.05. The van der Waals surface area contributed by atoms with Crippen molar-refractivity contribution in [2.75, 3.05) is 6.54 Å². The molecule has 0 aliphatic rings. The highest BCUT2D eigenvalue weighted by Gasteiger charge is 2.19. The Morgan fingerprint density at radius 1 is 0.917 bits per heavy atom. The van der Waals surface area contributed by atoms with E-state index in [0.717, 1.165) is 25.9 Å². The average Bonchev–Trinajstić information content (AvgIpc) is 2.60. The van der Waals surface area contributed by atoms with Crippen molar-refractivity contribution in [1.82, 2.24) is 4.90 Å². The lowest BCUT2D eigenvalue weighted by Gasteiger charge is -2.32. The highest BCUT2D eigenvalue weighted by Crippen LogP contribution is 2.19. The number of carbonyl (C=O) groups excluding carboxylic acids is 1. The molecule has 24 heavy (non-hydrogen) atoms. The van der Waals surface area contributed by atoms with E-state index in [1.165, 1.54) is 11.1 Å². The van der Waals surface area contributed by atoms with Gasteiger partial charge in [0.25, 0.3) is 0 Å². The third kappa shape index (κ3) is 6.26. The standard InChI is InChI=1S/C21H28N2O/c1-18(24)12-13-21(14-15-22)23(16-19-8-4-2-5-9-19)17-20-10-6-3-7-11-20/h2-11,21H,12-17,22H2,1H3/t21-/m0/s1.